The molecule has 0 atom stereocenters. The van der Waals surface area contributed by atoms with Crippen molar-refractivity contribution in [3.8, 4) is 0 Å². The van der Waals surface area contributed by atoms with Gasteiger partial charge in [-0.05, 0) is 74.3 Å². The zero-order valence-corrected chi connectivity index (χ0v) is 21.0. The van der Waals surface area contributed by atoms with Crippen LogP contribution in [0.2, 0.25) is 0 Å². The van der Waals surface area contributed by atoms with Crippen LogP contribution in [-0.2, 0) is 20.0 Å². The van der Waals surface area contributed by atoms with Gasteiger partial charge in [0.2, 0.25) is 0 Å². The van der Waals surface area contributed by atoms with Gasteiger partial charge >= 0.3 is 0 Å². The number of rotatable bonds is 7. The Kier molecular flexibility index (Phi) is 8.33. The molecule has 1 aliphatic rings. The fourth-order valence-corrected chi connectivity index (χ4v) is 3.97. The molecule has 0 aliphatic carbocycles. The lowest BCUT2D eigenvalue weighted by Crippen LogP contribution is -2.30. The van der Waals surface area contributed by atoms with Gasteiger partial charge in [0.15, 0.2) is 0 Å². The first-order chi connectivity index (χ1) is 16.6. The lowest BCUT2D eigenvalue weighted by Gasteiger charge is -2.32. The summed E-state index contributed by atoms with van der Waals surface area (Å²) < 4.78 is 29.4. The van der Waals surface area contributed by atoms with Gasteiger partial charge in [-0.15, -0.1) is 0 Å². The predicted molar refractivity (Wildman–Crippen MR) is 138 cm³/mol. The van der Waals surface area contributed by atoms with Crippen LogP contribution in [0.25, 0.3) is 11.6 Å². The topological polar surface area (TPSA) is 51.0 Å². The van der Waals surface area contributed by atoms with Gasteiger partial charge in [0.25, 0.3) is 5.56 Å². The second-order valence-corrected chi connectivity index (χ2v) is 8.76. The number of nitrogens with zero attached hydrogens (tertiary/aromatic N) is 4. The molecule has 0 N–H and O–H groups in total. The minimum Gasteiger partial charge on any atom is -0.367 e. The van der Waals surface area contributed by atoms with Gasteiger partial charge in [0.05, 0.1) is 5.83 Å². The van der Waals surface area contributed by atoms with Crippen molar-refractivity contribution in [2.24, 2.45) is 7.05 Å². The van der Waals surface area contributed by atoms with Gasteiger partial charge in [-0.1, -0.05) is 13.5 Å². The number of allylic oxidation sites excluding steroid dienone is 7. The lowest BCUT2D eigenvalue weighted by molar-refractivity contribution is 0.326. The molecule has 1 aliphatic heterocycles. The normalized spacial score (nSPS) is 15.3. The van der Waals surface area contributed by atoms with Gasteiger partial charge in [0, 0.05) is 61.5 Å². The van der Waals surface area contributed by atoms with Crippen molar-refractivity contribution in [2.75, 3.05) is 6.54 Å². The number of halogens is 2. The van der Waals surface area contributed by atoms with Crippen molar-refractivity contribution in [1.82, 2.24) is 19.4 Å². The van der Waals surface area contributed by atoms with E-state index in [2.05, 4.69) is 21.4 Å². The van der Waals surface area contributed by atoms with Crippen LogP contribution >= 0.6 is 0 Å². The van der Waals surface area contributed by atoms with Crippen molar-refractivity contribution in [3.63, 3.8) is 0 Å². The van der Waals surface area contributed by atoms with Crippen LogP contribution in [0.5, 0.6) is 0 Å². The number of aryl methyl sites for hydroxylation is 1. The van der Waals surface area contributed by atoms with E-state index in [1.165, 1.54) is 35.8 Å². The third kappa shape index (κ3) is 6.50. The summed E-state index contributed by atoms with van der Waals surface area (Å²) in [7, 11) is 1.69. The molecule has 0 fully saturated rings. The number of hydrogen-bond donors (Lipinski definition) is 0. The molecule has 0 amide bonds. The molecule has 0 saturated carbocycles. The monoisotopic (exact) mass is 478 g/mol. The Morgan fingerprint density at radius 1 is 1.23 bits per heavy atom. The van der Waals surface area contributed by atoms with E-state index in [4.69, 9.17) is 0 Å². The minimum atomic E-state index is -0.410. The zero-order valence-electron chi connectivity index (χ0n) is 21.0. The number of hydrogen-bond acceptors (Lipinski definition) is 4. The van der Waals surface area contributed by atoms with Crippen molar-refractivity contribution >= 4 is 11.6 Å². The molecule has 184 valence electrons. The van der Waals surface area contributed by atoms with Gasteiger partial charge in [-0.3, -0.25) is 14.3 Å². The number of fused-ring (bicyclic) bond motifs is 1. The van der Waals surface area contributed by atoms with Crippen LogP contribution in [0.4, 0.5) is 8.78 Å². The smallest absolute Gasteiger partial charge is 0.253 e. The van der Waals surface area contributed by atoms with Crippen LogP contribution in [0.15, 0.2) is 70.9 Å². The third-order valence-electron chi connectivity index (χ3n) is 5.90. The summed E-state index contributed by atoms with van der Waals surface area (Å²) >= 11 is 0. The summed E-state index contributed by atoms with van der Waals surface area (Å²) in [6.07, 6.45) is 8.91. The Hall–Kier alpha value is -3.61. The van der Waals surface area contributed by atoms with E-state index in [0.29, 0.717) is 35.6 Å². The highest BCUT2D eigenvalue weighted by molar-refractivity contribution is 5.76. The standard InChI is InChI=1S/C28H32F2N4O/c1-7-8-25(30)15-22(12-19(3)29)23-14-24-17-34(10-9-26(24)31-16-23)21(5)18(2)11-27-32-20(4)13-28(35)33(27)6/h8,11-16H,5,7,9-10,17H2,1-4,6H3/b18-11-,19-12+,22-15+,25-8-. The first-order valence-electron chi connectivity index (χ1n) is 11.7. The summed E-state index contributed by atoms with van der Waals surface area (Å²) in [5.74, 6) is -0.249. The third-order valence-corrected chi connectivity index (χ3v) is 5.90. The van der Waals surface area contributed by atoms with E-state index >= 15 is 0 Å². The Morgan fingerprint density at radius 3 is 2.66 bits per heavy atom. The van der Waals surface area contributed by atoms with Crippen molar-refractivity contribution in [1.29, 1.82) is 0 Å². The van der Waals surface area contributed by atoms with Crippen molar-refractivity contribution in [3.05, 3.63) is 105 Å². The van der Waals surface area contributed by atoms with Gasteiger partial charge in [0.1, 0.15) is 11.7 Å². The Bertz CT molecular complexity index is 1310. The molecule has 3 heterocycles. The molecule has 0 aromatic carbocycles. The maximum absolute atomic E-state index is 14.2. The fourth-order valence-electron chi connectivity index (χ4n) is 3.97. The van der Waals surface area contributed by atoms with Crippen LogP contribution < -0.4 is 5.56 Å². The highest BCUT2D eigenvalue weighted by Crippen LogP contribution is 2.28. The van der Waals surface area contributed by atoms with Gasteiger partial charge in [-0.2, -0.15) is 0 Å². The van der Waals surface area contributed by atoms with E-state index in [1.807, 2.05) is 26.0 Å². The largest absolute Gasteiger partial charge is 0.367 e. The van der Waals surface area contributed by atoms with Gasteiger partial charge in [-0.25, -0.2) is 13.8 Å². The highest BCUT2D eigenvalue weighted by atomic mass is 19.1. The molecule has 0 radical (unpaired) electrons. The van der Waals surface area contributed by atoms with E-state index in [9.17, 15) is 13.6 Å². The predicted octanol–water partition coefficient (Wildman–Crippen LogP) is 5.98. The van der Waals surface area contributed by atoms with E-state index in [1.54, 1.807) is 20.2 Å². The second-order valence-electron chi connectivity index (χ2n) is 8.76. The minimum absolute atomic E-state index is 0.112. The van der Waals surface area contributed by atoms with Crippen molar-refractivity contribution in [2.45, 2.75) is 47.1 Å². The Labute approximate surface area is 205 Å². The van der Waals surface area contributed by atoms with Crippen LogP contribution in [0, 0.1) is 6.92 Å². The zero-order chi connectivity index (χ0) is 25.7. The maximum Gasteiger partial charge on any atom is 0.253 e. The average molecular weight is 479 g/mol. The van der Waals surface area contributed by atoms with Gasteiger partial charge < -0.3 is 4.90 Å². The molecule has 7 heteroatoms. The first-order valence-corrected chi connectivity index (χ1v) is 11.7. The molecule has 2 aromatic rings. The van der Waals surface area contributed by atoms with Crippen LogP contribution in [0.1, 0.15) is 55.5 Å². The molecule has 5 nitrogen and oxygen atoms in total. The average Bonchev–Trinajstić information content (AvgIpc) is 2.80. The second kappa shape index (κ2) is 11.2. The van der Waals surface area contributed by atoms with Crippen LogP contribution in [-0.4, -0.2) is 26.0 Å². The SMILES string of the molecule is C=C(/C(C)=C\c1nc(C)cc(=O)n1C)N1CCc2ncc(C(/C=C(\C)F)=C/C(F)=C/CC)cc2C1. The Balaban J connectivity index is 1.90. The highest BCUT2D eigenvalue weighted by Gasteiger charge is 2.20. The molecule has 35 heavy (non-hydrogen) atoms. The molecule has 0 spiro atoms. The summed E-state index contributed by atoms with van der Waals surface area (Å²) in [4.78, 5) is 23.3. The molecule has 0 saturated heterocycles. The maximum atomic E-state index is 14.2. The van der Waals surface area contributed by atoms with E-state index < -0.39 is 11.7 Å². The molecular formula is C28H32F2N4O. The van der Waals surface area contributed by atoms with Crippen LogP contribution in [0.3, 0.4) is 0 Å². The Morgan fingerprint density at radius 2 is 1.97 bits per heavy atom. The lowest BCUT2D eigenvalue weighted by atomic mass is 9.98. The molecule has 3 rings (SSSR count). The van der Waals surface area contributed by atoms with E-state index in [-0.39, 0.29) is 5.56 Å². The summed E-state index contributed by atoms with van der Waals surface area (Å²) in [5.41, 5.74) is 5.30. The number of pyridine rings is 1. The summed E-state index contributed by atoms with van der Waals surface area (Å²) in [5, 5.41) is 0. The van der Waals surface area contributed by atoms with E-state index in [0.717, 1.165) is 35.5 Å². The molecule has 0 unspecified atom stereocenters. The fraction of sp³-hybridized carbons (Fsp3) is 0.321. The quantitative estimate of drug-likeness (QED) is 0.460. The molecular weight excluding hydrogens is 446 g/mol. The summed E-state index contributed by atoms with van der Waals surface area (Å²) in [6.45, 7) is 12.5. The molecule has 2 aromatic heterocycles. The summed E-state index contributed by atoms with van der Waals surface area (Å²) in [6, 6.07) is 3.44. The molecule has 0 bridgehead atoms. The first kappa shape index (κ1) is 26.0. The van der Waals surface area contributed by atoms with Crippen molar-refractivity contribution < 1.29 is 8.78 Å². The number of aromatic nitrogens is 3.